The lowest BCUT2D eigenvalue weighted by Gasteiger charge is -2.15. The van der Waals surface area contributed by atoms with Crippen LogP contribution >= 0.6 is 0 Å². The van der Waals surface area contributed by atoms with E-state index in [1.165, 1.54) is 6.07 Å². The lowest BCUT2D eigenvalue weighted by Crippen LogP contribution is -2.20. The van der Waals surface area contributed by atoms with E-state index in [2.05, 4.69) is 4.74 Å². The molecular weight excluding hydrogens is 230 g/mol. The smallest absolute Gasteiger partial charge is 0.387 e. The standard InChI is InChI=1S/C11H16F2N2O2/c1-2-16-10-5-7(8(15)6-14)3-4-9(10)17-11(12)13/h3-5,8,11H,2,6,14-15H2,1H3. The summed E-state index contributed by atoms with van der Waals surface area (Å²) < 4.78 is 33.8. The summed E-state index contributed by atoms with van der Waals surface area (Å²) in [5.41, 5.74) is 11.9. The summed E-state index contributed by atoms with van der Waals surface area (Å²) in [7, 11) is 0. The molecule has 96 valence electrons. The van der Waals surface area contributed by atoms with Gasteiger partial charge < -0.3 is 20.9 Å². The first kappa shape index (κ1) is 13.7. The van der Waals surface area contributed by atoms with E-state index >= 15 is 0 Å². The Morgan fingerprint density at radius 1 is 1.29 bits per heavy atom. The summed E-state index contributed by atoms with van der Waals surface area (Å²) in [6.45, 7) is -0.522. The summed E-state index contributed by atoms with van der Waals surface area (Å²) in [5, 5.41) is 0. The van der Waals surface area contributed by atoms with Crippen LogP contribution in [-0.2, 0) is 0 Å². The van der Waals surface area contributed by atoms with E-state index < -0.39 is 6.61 Å². The number of benzene rings is 1. The maximum absolute atomic E-state index is 12.1. The van der Waals surface area contributed by atoms with Crippen LogP contribution < -0.4 is 20.9 Å². The van der Waals surface area contributed by atoms with Gasteiger partial charge in [0.25, 0.3) is 0 Å². The molecule has 0 saturated heterocycles. The number of nitrogens with two attached hydrogens (primary N) is 2. The minimum atomic E-state index is -2.89. The second-order valence-electron chi connectivity index (χ2n) is 3.36. The van der Waals surface area contributed by atoms with Crippen molar-refractivity contribution in [3.8, 4) is 11.5 Å². The Hall–Kier alpha value is -1.40. The predicted octanol–water partition coefficient (Wildman–Crippen LogP) is 1.65. The van der Waals surface area contributed by atoms with Crippen LogP contribution in [0.4, 0.5) is 8.78 Å². The second-order valence-corrected chi connectivity index (χ2v) is 3.36. The van der Waals surface area contributed by atoms with Crippen LogP contribution in [0.1, 0.15) is 18.5 Å². The van der Waals surface area contributed by atoms with Gasteiger partial charge in [0, 0.05) is 12.6 Å². The zero-order valence-electron chi connectivity index (χ0n) is 9.53. The van der Waals surface area contributed by atoms with Crippen LogP contribution in [0, 0.1) is 0 Å². The van der Waals surface area contributed by atoms with Gasteiger partial charge in [-0.25, -0.2) is 0 Å². The van der Waals surface area contributed by atoms with Crippen LogP contribution in [0.3, 0.4) is 0 Å². The Bertz CT molecular complexity index is 361. The lowest BCUT2D eigenvalue weighted by atomic mass is 10.1. The highest BCUT2D eigenvalue weighted by Crippen LogP contribution is 2.31. The Morgan fingerprint density at radius 3 is 2.53 bits per heavy atom. The van der Waals surface area contributed by atoms with E-state index in [0.29, 0.717) is 6.61 Å². The molecular formula is C11H16F2N2O2. The van der Waals surface area contributed by atoms with Crippen molar-refractivity contribution >= 4 is 0 Å². The maximum Gasteiger partial charge on any atom is 0.387 e. The largest absolute Gasteiger partial charge is 0.490 e. The first-order valence-electron chi connectivity index (χ1n) is 5.25. The van der Waals surface area contributed by atoms with Gasteiger partial charge in [0.1, 0.15) is 0 Å². The molecule has 1 aromatic rings. The predicted molar refractivity (Wildman–Crippen MR) is 60.2 cm³/mol. The van der Waals surface area contributed by atoms with E-state index in [0.717, 1.165) is 5.56 Å². The number of ether oxygens (including phenoxy) is 2. The van der Waals surface area contributed by atoms with Crippen molar-refractivity contribution in [1.82, 2.24) is 0 Å². The third kappa shape index (κ3) is 3.83. The van der Waals surface area contributed by atoms with Gasteiger partial charge in [0.2, 0.25) is 0 Å². The summed E-state index contributed by atoms with van der Waals surface area (Å²) in [6, 6.07) is 4.22. The van der Waals surface area contributed by atoms with Gasteiger partial charge in [-0.3, -0.25) is 0 Å². The van der Waals surface area contributed by atoms with Crippen molar-refractivity contribution < 1.29 is 18.3 Å². The van der Waals surface area contributed by atoms with Gasteiger partial charge >= 0.3 is 6.61 Å². The van der Waals surface area contributed by atoms with Gasteiger partial charge in [-0.2, -0.15) is 8.78 Å². The second kappa shape index (κ2) is 6.36. The number of hydrogen-bond acceptors (Lipinski definition) is 4. The number of rotatable bonds is 6. The van der Waals surface area contributed by atoms with Crippen LogP contribution in [-0.4, -0.2) is 19.8 Å². The third-order valence-corrected chi connectivity index (χ3v) is 2.17. The van der Waals surface area contributed by atoms with Crippen molar-refractivity contribution in [1.29, 1.82) is 0 Å². The minimum absolute atomic E-state index is 0.00479. The first-order chi connectivity index (χ1) is 8.08. The van der Waals surface area contributed by atoms with Crippen molar-refractivity contribution in [3.63, 3.8) is 0 Å². The fraction of sp³-hybridized carbons (Fsp3) is 0.455. The number of halogens is 2. The summed E-state index contributed by atoms with van der Waals surface area (Å²) in [6.07, 6.45) is 0. The number of hydrogen-bond donors (Lipinski definition) is 2. The van der Waals surface area contributed by atoms with E-state index in [9.17, 15) is 8.78 Å². The van der Waals surface area contributed by atoms with Crippen molar-refractivity contribution in [2.45, 2.75) is 19.6 Å². The fourth-order valence-corrected chi connectivity index (χ4v) is 1.35. The molecule has 0 aliphatic heterocycles. The molecule has 1 rings (SSSR count). The van der Waals surface area contributed by atoms with Gasteiger partial charge in [-0.05, 0) is 24.6 Å². The van der Waals surface area contributed by atoms with Gasteiger partial charge in [0.15, 0.2) is 11.5 Å². The Labute approximate surface area is 98.5 Å². The molecule has 6 heteroatoms. The van der Waals surface area contributed by atoms with Crippen LogP contribution in [0.15, 0.2) is 18.2 Å². The fourth-order valence-electron chi connectivity index (χ4n) is 1.35. The number of alkyl halides is 2. The van der Waals surface area contributed by atoms with Crippen molar-refractivity contribution in [2.24, 2.45) is 11.5 Å². The zero-order valence-corrected chi connectivity index (χ0v) is 9.53. The molecule has 0 amide bonds. The van der Waals surface area contributed by atoms with E-state index in [1.807, 2.05) is 0 Å². The molecule has 0 saturated carbocycles. The molecule has 1 unspecified atom stereocenters. The van der Waals surface area contributed by atoms with Crippen LogP contribution in [0.2, 0.25) is 0 Å². The van der Waals surface area contributed by atoms with E-state index in [1.54, 1.807) is 19.1 Å². The van der Waals surface area contributed by atoms with E-state index in [4.69, 9.17) is 16.2 Å². The molecule has 1 atom stereocenters. The quantitative estimate of drug-likeness (QED) is 0.800. The van der Waals surface area contributed by atoms with E-state index in [-0.39, 0.29) is 24.1 Å². The molecule has 4 N–H and O–H groups in total. The molecule has 0 aromatic heterocycles. The minimum Gasteiger partial charge on any atom is -0.490 e. The molecule has 17 heavy (non-hydrogen) atoms. The molecule has 0 heterocycles. The van der Waals surface area contributed by atoms with Gasteiger partial charge in [-0.15, -0.1) is 0 Å². The highest BCUT2D eigenvalue weighted by molar-refractivity contribution is 5.44. The van der Waals surface area contributed by atoms with Crippen LogP contribution in [0.5, 0.6) is 11.5 Å². The Balaban J connectivity index is 2.98. The third-order valence-electron chi connectivity index (χ3n) is 2.17. The lowest BCUT2D eigenvalue weighted by molar-refractivity contribution is -0.0514. The Kier molecular flexibility index (Phi) is 5.11. The van der Waals surface area contributed by atoms with Crippen molar-refractivity contribution in [3.05, 3.63) is 23.8 Å². The van der Waals surface area contributed by atoms with Crippen molar-refractivity contribution in [2.75, 3.05) is 13.2 Å². The molecule has 0 radical (unpaired) electrons. The highest BCUT2D eigenvalue weighted by Gasteiger charge is 2.13. The molecule has 0 bridgehead atoms. The summed E-state index contributed by atoms with van der Waals surface area (Å²) in [5.74, 6) is 0.240. The SMILES string of the molecule is CCOc1cc(C(N)CN)ccc1OC(F)F. The topological polar surface area (TPSA) is 70.5 Å². The maximum atomic E-state index is 12.1. The molecule has 0 aliphatic carbocycles. The first-order valence-corrected chi connectivity index (χ1v) is 5.25. The summed E-state index contributed by atoms with van der Waals surface area (Å²) >= 11 is 0. The average Bonchev–Trinajstić information content (AvgIpc) is 2.30. The van der Waals surface area contributed by atoms with Gasteiger partial charge in [0.05, 0.1) is 6.61 Å². The Morgan fingerprint density at radius 2 is 2.00 bits per heavy atom. The molecule has 0 aliphatic rings. The molecule has 1 aromatic carbocycles. The molecule has 0 fully saturated rings. The summed E-state index contributed by atoms with van der Waals surface area (Å²) in [4.78, 5) is 0. The zero-order chi connectivity index (χ0) is 12.8. The highest BCUT2D eigenvalue weighted by atomic mass is 19.3. The van der Waals surface area contributed by atoms with Gasteiger partial charge in [-0.1, -0.05) is 6.07 Å². The molecule has 0 spiro atoms. The van der Waals surface area contributed by atoms with Crippen LogP contribution in [0.25, 0.3) is 0 Å². The normalized spacial score (nSPS) is 12.6. The average molecular weight is 246 g/mol. The molecule has 4 nitrogen and oxygen atoms in total. The monoisotopic (exact) mass is 246 g/mol.